The third-order valence-corrected chi connectivity index (χ3v) is 6.25. The molecule has 160 valence electrons. The third-order valence-electron chi connectivity index (χ3n) is 6.25. The number of hydrogen-bond acceptors (Lipinski definition) is 3. The Morgan fingerprint density at radius 1 is 1.00 bits per heavy atom. The van der Waals surface area contributed by atoms with Crippen LogP contribution in [0.3, 0.4) is 0 Å². The number of aromatic nitrogens is 1. The Balaban J connectivity index is 1.39. The maximum atomic E-state index is 13.3. The molecular weight excluding hydrogens is 382 g/mol. The number of piperidine rings is 1. The average Bonchev–Trinajstić information content (AvgIpc) is 2.82. The number of amides is 1. The van der Waals surface area contributed by atoms with E-state index in [4.69, 9.17) is 0 Å². The molecule has 0 bridgehead atoms. The monoisotopic (exact) mass is 413 g/mol. The van der Waals surface area contributed by atoms with Crippen LogP contribution in [0.1, 0.15) is 39.9 Å². The van der Waals surface area contributed by atoms with Crippen LogP contribution in [-0.2, 0) is 13.1 Å². The van der Waals surface area contributed by atoms with Crippen molar-refractivity contribution in [2.75, 3.05) is 19.6 Å². The van der Waals surface area contributed by atoms with Crippen molar-refractivity contribution in [3.05, 3.63) is 101 Å². The van der Waals surface area contributed by atoms with Gasteiger partial charge in [0.1, 0.15) is 0 Å². The number of pyridine rings is 1. The van der Waals surface area contributed by atoms with Crippen LogP contribution in [0.2, 0.25) is 0 Å². The zero-order chi connectivity index (χ0) is 21.5. The minimum atomic E-state index is 0.104. The van der Waals surface area contributed by atoms with Crippen molar-refractivity contribution < 1.29 is 4.79 Å². The van der Waals surface area contributed by atoms with E-state index < -0.39 is 0 Å². The van der Waals surface area contributed by atoms with E-state index in [1.165, 1.54) is 11.1 Å². The van der Waals surface area contributed by atoms with Crippen LogP contribution in [0.15, 0.2) is 79.1 Å². The van der Waals surface area contributed by atoms with Crippen molar-refractivity contribution in [1.29, 1.82) is 0 Å². The van der Waals surface area contributed by atoms with Crippen molar-refractivity contribution in [2.24, 2.45) is 5.92 Å². The molecular formula is C27H31N3O. The molecule has 31 heavy (non-hydrogen) atoms. The number of hydrogen-bond donors (Lipinski definition) is 0. The van der Waals surface area contributed by atoms with E-state index in [-0.39, 0.29) is 5.91 Å². The second-order valence-electron chi connectivity index (χ2n) is 8.56. The summed E-state index contributed by atoms with van der Waals surface area (Å²) in [7, 11) is 0. The van der Waals surface area contributed by atoms with Crippen molar-refractivity contribution in [3.8, 4) is 0 Å². The number of aryl methyl sites for hydroxylation is 1. The molecule has 0 N–H and O–H groups in total. The SMILES string of the molecule is Cc1ccccc1CN1CCC(CN(Cc2cccnc2)C(=O)c2ccccc2)CC1. The van der Waals surface area contributed by atoms with Crippen LogP contribution in [0.25, 0.3) is 0 Å². The molecule has 4 heteroatoms. The van der Waals surface area contributed by atoms with Gasteiger partial charge in [-0.25, -0.2) is 0 Å². The lowest BCUT2D eigenvalue weighted by Crippen LogP contribution is -2.40. The highest BCUT2D eigenvalue weighted by Gasteiger charge is 2.25. The first-order chi connectivity index (χ1) is 15.2. The Kier molecular flexibility index (Phi) is 7.11. The molecule has 0 spiro atoms. The second kappa shape index (κ2) is 10.4. The van der Waals surface area contributed by atoms with E-state index in [2.05, 4.69) is 41.1 Å². The average molecular weight is 414 g/mol. The van der Waals surface area contributed by atoms with E-state index in [1.807, 2.05) is 53.6 Å². The van der Waals surface area contributed by atoms with Crippen LogP contribution >= 0.6 is 0 Å². The van der Waals surface area contributed by atoms with Gasteiger partial charge >= 0.3 is 0 Å². The van der Waals surface area contributed by atoms with Gasteiger partial charge in [-0.15, -0.1) is 0 Å². The summed E-state index contributed by atoms with van der Waals surface area (Å²) in [5.41, 5.74) is 4.60. The van der Waals surface area contributed by atoms with E-state index >= 15 is 0 Å². The highest BCUT2D eigenvalue weighted by Crippen LogP contribution is 2.23. The van der Waals surface area contributed by atoms with Crippen molar-refractivity contribution in [1.82, 2.24) is 14.8 Å². The standard InChI is InChI=1S/C27H31N3O/c1-22-8-5-6-12-26(22)21-29-16-13-23(14-17-29)19-30(20-24-9-7-15-28-18-24)27(31)25-10-3-2-4-11-25/h2-12,15,18,23H,13-14,16-17,19-21H2,1H3. The summed E-state index contributed by atoms with van der Waals surface area (Å²) in [5.74, 6) is 0.629. The zero-order valence-corrected chi connectivity index (χ0v) is 18.3. The van der Waals surface area contributed by atoms with Crippen LogP contribution in [0.4, 0.5) is 0 Å². The molecule has 0 saturated carbocycles. The maximum Gasteiger partial charge on any atom is 0.254 e. The number of rotatable bonds is 7. The fraction of sp³-hybridized carbons (Fsp3) is 0.333. The molecule has 0 unspecified atom stereocenters. The van der Waals surface area contributed by atoms with Gasteiger partial charge in [0.05, 0.1) is 0 Å². The smallest absolute Gasteiger partial charge is 0.254 e. The quantitative estimate of drug-likeness (QED) is 0.550. The number of nitrogens with zero attached hydrogens (tertiary/aromatic N) is 3. The summed E-state index contributed by atoms with van der Waals surface area (Å²) in [6.45, 7) is 6.76. The van der Waals surface area contributed by atoms with Gasteiger partial charge in [-0.1, -0.05) is 48.5 Å². The fourth-order valence-corrected chi connectivity index (χ4v) is 4.36. The number of carbonyl (C=O) groups excluding carboxylic acids is 1. The Bertz CT molecular complexity index is 966. The molecule has 4 nitrogen and oxygen atoms in total. The molecule has 1 aromatic heterocycles. The minimum Gasteiger partial charge on any atom is -0.334 e. The van der Waals surface area contributed by atoms with E-state index in [9.17, 15) is 4.79 Å². The molecule has 4 rings (SSSR count). The molecule has 0 aliphatic carbocycles. The first kappa shape index (κ1) is 21.3. The van der Waals surface area contributed by atoms with Gasteiger partial charge in [0.15, 0.2) is 0 Å². The Morgan fingerprint density at radius 3 is 2.45 bits per heavy atom. The lowest BCUT2D eigenvalue weighted by molar-refractivity contribution is 0.0671. The Hall–Kier alpha value is -2.98. The minimum absolute atomic E-state index is 0.104. The summed E-state index contributed by atoms with van der Waals surface area (Å²) in [4.78, 5) is 22.0. The van der Waals surface area contributed by atoms with Crippen molar-refractivity contribution in [2.45, 2.75) is 32.9 Å². The fourth-order valence-electron chi connectivity index (χ4n) is 4.36. The van der Waals surface area contributed by atoms with Crippen molar-refractivity contribution in [3.63, 3.8) is 0 Å². The largest absolute Gasteiger partial charge is 0.334 e. The molecule has 1 fully saturated rings. The van der Waals surface area contributed by atoms with E-state index in [0.29, 0.717) is 12.5 Å². The molecule has 3 aromatic rings. The number of likely N-dealkylation sites (tertiary alicyclic amines) is 1. The lowest BCUT2D eigenvalue weighted by Gasteiger charge is -2.35. The lowest BCUT2D eigenvalue weighted by atomic mass is 9.95. The molecule has 1 amide bonds. The molecule has 0 radical (unpaired) electrons. The molecule has 1 aliphatic heterocycles. The first-order valence-corrected chi connectivity index (χ1v) is 11.2. The van der Waals surface area contributed by atoms with Gasteiger partial charge in [0, 0.05) is 37.6 Å². The summed E-state index contributed by atoms with van der Waals surface area (Å²) >= 11 is 0. The number of benzene rings is 2. The van der Waals surface area contributed by atoms with E-state index in [1.54, 1.807) is 6.20 Å². The van der Waals surface area contributed by atoms with Gasteiger partial charge < -0.3 is 4.90 Å². The molecule has 1 saturated heterocycles. The number of carbonyl (C=O) groups is 1. The van der Waals surface area contributed by atoms with Gasteiger partial charge in [-0.2, -0.15) is 0 Å². The second-order valence-corrected chi connectivity index (χ2v) is 8.56. The van der Waals surface area contributed by atoms with Gasteiger partial charge in [-0.05, 0) is 73.7 Å². The molecule has 1 aliphatic rings. The van der Waals surface area contributed by atoms with Crippen LogP contribution < -0.4 is 0 Å². The van der Waals surface area contributed by atoms with Gasteiger partial charge in [0.25, 0.3) is 5.91 Å². The highest BCUT2D eigenvalue weighted by molar-refractivity contribution is 5.94. The van der Waals surface area contributed by atoms with Crippen LogP contribution in [0.5, 0.6) is 0 Å². The predicted molar refractivity (Wildman–Crippen MR) is 125 cm³/mol. The third kappa shape index (κ3) is 5.80. The predicted octanol–water partition coefficient (Wildman–Crippen LogP) is 4.94. The zero-order valence-electron chi connectivity index (χ0n) is 18.3. The maximum absolute atomic E-state index is 13.3. The summed E-state index contributed by atoms with van der Waals surface area (Å²) in [5, 5.41) is 0. The normalized spacial score (nSPS) is 15.0. The van der Waals surface area contributed by atoms with Gasteiger partial charge in [0.2, 0.25) is 0 Å². The molecule has 0 atom stereocenters. The van der Waals surface area contributed by atoms with Crippen molar-refractivity contribution >= 4 is 5.91 Å². The molecule has 2 heterocycles. The highest BCUT2D eigenvalue weighted by atomic mass is 16.2. The Morgan fingerprint density at radius 2 is 1.74 bits per heavy atom. The summed E-state index contributed by atoms with van der Waals surface area (Å²) in [6.07, 6.45) is 5.88. The van der Waals surface area contributed by atoms with Crippen LogP contribution in [-0.4, -0.2) is 40.3 Å². The Labute approximate surface area is 185 Å². The van der Waals surface area contributed by atoms with Gasteiger partial charge in [-0.3, -0.25) is 14.7 Å². The summed E-state index contributed by atoms with van der Waals surface area (Å²) < 4.78 is 0. The molecule has 2 aromatic carbocycles. The first-order valence-electron chi connectivity index (χ1n) is 11.2. The van der Waals surface area contributed by atoms with E-state index in [0.717, 1.165) is 50.1 Å². The van der Waals surface area contributed by atoms with Crippen LogP contribution in [0, 0.1) is 12.8 Å². The summed E-state index contributed by atoms with van der Waals surface area (Å²) in [6, 6.07) is 22.3. The topological polar surface area (TPSA) is 36.4 Å².